The summed E-state index contributed by atoms with van der Waals surface area (Å²) < 4.78 is 44.1. The highest BCUT2D eigenvalue weighted by Gasteiger charge is 2.35. The van der Waals surface area contributed by atoms with Gasteiger partial charge < -0.3 is 9.47 Å². The minimum atomic E-state index is -5.03. The summed E-state index contributed by atoms with van der Waals surface area (Å²) in [6.07, 6.45) is -4.02. The zero-order valence-electron chi connectivity index (χ0n) is 8.41. The fourth-order valence-electron chi connectivity index (χ4n) is 1.02. The van der Waals surface area contributed by atoms with Gasteiger partial charge in [-0.15, -0.1) is 13.2 Å². The van der Waals surface area contributed by atoms with E-state index in [1.165, 1.54) is 6.07 Å². The standard InChI is InChI=1S/C9H5F3N2O3/c1-16-8(15)5-2-3-14-6(4-13)7(5)17-9(10,11)12/h2-3H,1H3. The number of aromatic nitrogens is 1. The Morgan fingerprint density at radius 2 is 2.18 bits per heavy atom. The average Bonchev–Trinajstić information content (AvgIpc) is 2.26. The Hall–Kier alpha value is -2.30. The Morgan fingerprint density at radius 1 is 1.53 bits per heavy atom. The second kappa shape index (κ2) is 4.69. The SMILES string of the molecule is COC(=O)c1ccnc(C#N)c1OC(F)(F)F. The molecule has 8 heteroatoms. The molecule has 0 N–H and O–H groups in total. The van der Waals surface area contributed by atoms with Crippen LogP contribution in [0, 0.1) is 11.3 Å². The number of esters is 1. The van der Waals surface area contributed by atoms with Crippen LogP contribution in [0.15, 0.2) is 12.3 Å². The molecule has 17 heavy (non-hydrogen) atoms. The molecule has 5 nitrogen and oxygen atoms in total. The first-order valence-electron chi connectivity index (χ1n) is 4.12. The third-order valence-electron chi connectivity index (χ3n) is 1.63. The maximum atomic E-state index is 12.1. The highest BCUT2D eigenvalue weighted by Crippen LogP contribution is 2.29. The fraction of sp³-hybridized carbons (Fsp3) is 0.222. The van der Waals surface area contributed by atoms with Crippen LogP contribution < -0.4 is 4.74 Å². The van der Waals surface area contributed by atoms with Crippen LogP contribution in [0.2, 0.25) is 0 Å². The number of carbonyl (C=O) groups is 1. The summed E-state index contributed by atoms with van der Waals surface area (Å²) in [5.41, 5.74) is -1.17. The summed E-state index contributed by atoms with van der Waals surface area (Å²) in [5, 5.41) is 8.58. The first-order chi connectivity index (χ1) is 7.89. The normalized spacial score (nSPS) is 10.5. The van der Waals surface area contributed by atoms with Crippen LogP contribution in [-0.2, 0) is 4.74 Å². The van der Waals surface area contributed by atoms with E-state index in [2.05, 4.69) is 14.5 Å². The lowest BCUT2D eigenvalue weighted by molar-refractivity contribution is -0.274. The smallest absolute Gasteiger partial charge is 0.465 e. The van der Waals surface area contributed by atoms with Gasteiger partial charge in [0, 0.05) is 6.20 Å². The molecule has 0 atom stereocenters. The van der Waals surface area contributed by atoms with Crippen molar-refractivity contribution >= 4 is 5.97 Å². The van der Waals surface area contributed by atoms with Gasteiger partial charge in [-0.3, -0.25) is 0 Å². The van der Waals surface area contributed by atoms with Crippen molar-refractivity contribution in [3.8, 4) is 11.8 Å². The molecular weight excluding hydrogens is 241 g/mol. The van der Waals surface area contributed by atoms with Crippen molar-refractivity contribution in [2.45, 2.75) is 6.36 Å². The van der Waals surface area contributed by atoms with Gasteiger partial charge in [-0.05, 0) is 6.07 Å². The monoisotopic (exact) mass is 246 g/mol. The Morgan fingerprint density at radius 3 is 2.65 bits per heavy atom. The van der Waals surface area contributed by atoms with E-state index in [-0.39, 0.29) is 0 Å². The predicted molar refractivity (Wildman–Crippen MR) is 47.0 cm³/mol. The van der Waals surface area contributed by atoms with E-state index in [1.54, 1.807) is 0 Å². The molecule has 0 radical (unpaired) electrons. The first kappa shape index (κ1) is 12.8. The van der Waals surface area contributed by atoms with Gasteiger partial charge in [0.15, 0.2) is 11.4 Å². The van der Waals surface area contributed by atoms with Crippen molar-refractivity contribution in [2.75, 3.05) is 7.11 Å². The van der Waals surface area contributed by atoms with Crippen LogP contribution in [0.25, 0.3) is 0 Å². The number of alkyl halides is 3. The minimum Gasteiger partial charge on any atom is -0.465 e. The van der Waals surface area contributed by atoms with Gasteiger partial charge in [-0.2, -0.15) is 5.26 Å². The number of hydrogen-bond acceptors (Lipinski definition) is 5. The zero-order valence-corrected chi connectivity index (χ0v) is 8.41. The molecule has 0 aliphatic heterocycles. The maximum absolute atomic E-state index is 12.1. The van der Waals surface area contributed by atoms with Crippen LogP contribution in [0.3, 0.4) is 0 Å². The predicted octanol–water partition coefficient (Wildman–Crippen LogP) is 1.64. The number of carbonyl (C=O) groups excluding carboxylic acids is 1. The van der Waals surface area contributed by atoms with Gasteiger partial charge in [0.2, 0.25) is 0 Å². The van der Waals surface area contributed by atoms with Crippen molar-refractivity contribution < 1.29 is 27.4 Å². The fourth-order valence-corrected chi connectivity index (χ4v) is 1.02. The van der Waals surface area contributed by atoms with Crippen molar-refractivity contribution in [3.63, 3.8) is 0 Å². The summed E-state index contributed by atoms with van der Waals surface area (Å²) in [7, 11) is 0.992. The largest absolute Gasteiger partial charge is 0.573 e. The molecule has 1 aromatic rings. The second-order valence-electron chi connectivity index (χ2n) is 2.69. The van der Waals surface area contributed by atoms with Gasteiger partial charge in [-0.1, -0.05) is 0 Å². The van der Waals surface area contributed by atoms with Crippen LogP contribution in [0.4, 0.5) is 13.2 Å². The van der Waals surface area contributed by atoms with E-state index in [0.717, 1.165) is 19.4 Å². The van der Waals surface area contributed by atoms with Gasteiger partial charge in [-0.25, -0.2) is 9.78 Å². The van der Waals surface area contributed by atoms with Crippen LogP contribution in [-0.4, -0.2) is 24.4 Å². The number of nitrogens with zero attached hydrogens (tertiary/aromatic N) is 2. The van der Waals surface area contributed by atoms with E-state index in [9.17, 15) is 18.0 Å². The van der Waals surface area contributed by atoms with Gasteiger partial charge in [0.05, 0.1) is 7.11 Å². The number of pyridine rings is 1. The Kier molecular flexibility index (Phi) is 3.52. The molecule has 1 heterocycles. The summed E-state index contributed by atoms with van der Waals surface area (Å²) in [6, 6.07) is 2.36. The van der Waals surface area contributed by atoms with E-state index in [0.29, 0.717) is 0 Å². The van der Waals surface area contributed by atoms with Gasteiger partial charge in [0.1, 0.15) is 11.6 Å². The molecule has 0 saturated heterocycles. The van der Waals surface area contributed by atoms with Gasteiger partial charge >= 0.3 is 12.3 Å². The highest BCUT2D eigenvalue weighted by atomic mass is 19.4. The van der Waals surface area contributed by atoms with E-state index in [4.69, 9.17) is 5.26 Å². The number of ether oxygens (including phenoxy) is 2. The molecule has 0 spiro atoms. The van der Waals surface area contributed by atoms with Crippen molar-refractivity contribution in [1.29, 1.82) is 5.26 Å². The molecule has 90 valence electrons. The summed E-state index contributed by atoms with van der Waals surface area (Å²) in [4.78, 5) is 14.5. The first-order valence-corrected chi connectivity index (χ1v) is 4.12. The lowest BCUT2D eigenvalue weighted by Gasteiger charge is -2.12. The second-order valence-corrected chi connectivity index (χ2v) is 2.69. The summed E-state index contributed by atoms with van der Waals surface area (Å²) >= 11 is 0. The Balaban J connectivity index is 3.32. The lowest BCUT2D eigenvalue weighted by Crippen LogP contribution is -2.20. The molecule has 0 aliphatic carbocycles. The van der Waals surface area contributed by atoms with Gasteiger partial charge in [0.25, 0.3) is 0 Å². The zero-order chi connectivity index (χ0) is 13.1. The maximum Gasteiger partial charge on any atom is 0.573 e. The quantitative estimate of drug-likeness (QED) is 0.741. The number of nitriles is 1. The number of rotatable bonds is 2. The summed E-state index contributed by atoms with van der Waals surface area (Å²) in [6.45, 7) is 0. The molecule has 0 fully saturated rings. The topological polar surface area (TPSA) is 72.2 Å². The molecule has 0 saturated carbocycles. The molecule has 0 aromatic carbocycles. The third kappa shape index (κ3) is 3.07. The van der Waals surface area contributed by atoms with Crippen LogP contribution in [0.5, 0.6) is 5.75 Å². The lowest BCUT2D eigenvalue weighted by atomic mass is 10.2. The molecular formula is C9H5F3N2O3. The average molecular weight is 246 g/mol. The van der Waals surface area contributed by atoms with Crippen LogP contribution in [0.1, 0.15) is 16.1 Å². The molecule has 0 bridgehead atoms. The van der Waals surface area contributed by atoms with Crippen molar-refractivity contribution in [1.82, 2.24) is 4.98 Å². The Labute approximate surface area is 93.4 Å². The molecule has 0 amide bonds. The minimum absolute atomic E-state index is 0.517. The van der Waals surface area contributed by atoms with Crippen molar-refractivity contribution in [2.24, 2.45) is 0 Å². The Bertz CT molecular complexity index is 479. The number of hydrogen-bond donors (Lipinski definition) is 0. The molecule has 0 unspecified atom stereocenters. The van der Waals surface area contributed by atoms with E-state index in [1.807, 2.05) is 0 Å². The molecule has 1 aromatic heterocycles. The van der Waals surface area contributed by atoms with Crippen molar-refractivity contribution in [3.05, 3.63) is 23.5 Å². The number of halogens is 3. The molecule has 0 aliphatic rings. The highest BCUT2D eigenvalue weighted by molar-refractivity contribution is 5.93. The molecule has 1 rings (SSSR count). The van der Waals surface area contributed by atoms with Crippen LogP contribution >= 0.6 is 0 Å². The number of methoxy groups -OCH3 is 1. The van der Waals surface area contributed by atoms with E-state index >= 15 is 0 Å². The van der Waals surface area contributed by atoms with E-state index < -0.39 is 29.3 Å². The summed E-state index contributed by atoms with van der Waals surface area (Å²) in [5.74, 6) is -2.02. The third-order valence-corrected chi connectivity index (χ3v) is 1.63.